The van der Waals surface area contributed by atoms with Crippen molar-refractivity contribution >= 4 is 25.7 Å². The summed E-state index contributed by atoms with van der Waals surface area (Å²) in [5, 5.41) is 10.1. The summed E-state index contributed by atoms with van der Waals surface area (Å²) in [5.41, 5.74) is 1.70. The number of ether oxygens (including phenoxy) is 2. The fourth-order valence-corrected chi connectivity index (χ4v) is 4.63. The molecule has 0 aliphatic carbocycles. The van der Waals surface area contributed by atoms with Crippen LogP contribution in [0.3, 0.4) is 0 Å². The number of amides is 1. The molecule has 3 aromatic carbocycles. The molecule has 3 N–H and O–H groups in total. The van der Waals surface area contributed by atoms with Crippen molar-refractivity contribution in [1.29, 1.82) is 0 Å². The fourth-order valence-electron chi connectivity index (χ4n) is 4.22. The molecule has 35 heavy (non-hydrogen) atoms. The minimum Gasteiger partial charge on any atom is -0.504 e. The van der Waals surface area contributed by atoms with Crippen LogP contribution in [0.15, 0.2) is 60.7 Å². The first kappa shape index (κ1) is 24.3. The highest BCUT2D eigenvalue weighted by Crippen LogP contribution is 2.52. The summed E-state index contributed by atoms with van der Waals surface area (Å²) >= 11 is 0. The molecule has 1 saturated heterocycles. The first-order chi connectivity index (χ1) is 16.7. The van der Waals surface area contributed by atoms with Gasteiger partial charge < -0.3 is 24.0 Å². The monoisotopic (exact) mass is 499 g/mol. The Balaban J connectivity index is 1.86. The number of carbonyl (C=O) groups excluding carboxylic acids is 2. The van der Waals surface area contributed by atoms with Gasteiger partial charge in [0.1, 0.15) is 0 Å². The molecule has 10 nitrogen and oxygen atoms in total. The number of β-lactam (4-membered cyclic amide) rings is 1. The van der Waals surface area contributed by atoms with Gasteiger partial charge in [-0.25, -0.2) is 4.57 Å². The second-order valence-electron chi connectivity index (χ2n) is 7.74. The Morgan fingerprint density at radius 3 is 2.26 bits per heavy atom. The zero-order valence-electron chi connectivity index (χ0n) is 18.7. The number of aromatic hydroxyl groups is 1. The van der Waals surface area contributed by atoms with Crippen LogP contribution in [0.2, 0.25) is 0 Å². The molecule has 182 valence electrons. The van der Waals surface area contributed by atoms with Crippen LogP contribution in [0.25, 0.3) is 0 Å². The molecular weight excluding hydrogens is 477 g/mol. The fraction of sp³-hybridized carbons (Fsp3) is 0.167. The molecule has 1 unspecified atom stereocenters. The lowest BCUT2D eigenvalue weighted by Crippen LogP contribution is -2.53. The molecule has 0 bridgehead atoms. The quantitative estimate of drug-likeness (QED) is 0.241. The predicted molar refractivity (Wildman–Crippen MR) is 125 cm³/mol. The van der Waals surface area contributed by atoms with Crippen molar-refractivity contribution in [2.45, 2.75) is 12.0 Å². The van der Waals surface area contributed by atoms with Crippen molar-refractivity contribution in [2.24, 2.45) is 0 Å². The maximum atomic E-state index is 13.4. The summed E-state index contributed by atoms with van der Waals surface area (Å²) in [6, 6.07) is 15.4. The van der Waals surface area contributed by atoms with Crippen molar-refractivity contribution in [1.82, 2.24) is 0 Å². The first-order valence-corrected chi connectivity index (χ1v) is 11.9. The third-order valence-corrected chi connectivity index (χ3v) is 6.13. The van der Waals surface area contributed by atoms with Crippen LogP contribution in [0.1, 0.15) is 33.4 Å². The molecule has 0 saturated carbocycles. The van der Waals surface area contributed by atoms with E-state index in [0.29, 0.717) is 17.5 Å². The Hall–Kier alpha value is -3.85. The highest BCUT2D eigenvalue weighted by molar-refractivity contribution is 7.46. The molecule has 4 rings (SSSR count). The highest BCUT2D eigenvalue weighted by Gasteiger charge is 2.50. The molecule has 3 aromatic rings. The summed E-state index contributed by atoms with van der Waals surface area (Å²) in [6.45, 7) is 0. The number of carbonyl (C=O) groups is 2. The average Bonchev–Trinajstić information content (AvgIpc) is 2.83. The number of phosphoric ester groups is 1. The van der Waals surface area contributed by atoms with Gasteiger partial charge in [-0.05, 0) is 29.3 Å². The zero-order chi connectivity index (χ0) is 25.3. The number of phenolic OH excluding ortho intramolecular Hbond substituents is 1. The van der Waals surface area contributed by atoms with E-state index in [2.05, 4.69) is 4.52 Å². The van der Waals surface area contributed by atoms with Crippen LogP contribution >= 0.6 is 7.82 Å². The van der Waals surface area contributed by atoms with E-state index in [9.17, 15) is 29.0 Å². The number of anilines is 1. The summed E-state index contributed by atoms with van der Waals surface area (Å²) in [4.78, 5) is 45.0. The lowest BCUT2D eigenvalue weighted by Gasteiger charge is -2.48. The second kappa shape index (κ2) is 9.42. The Bertz CT molecular complexity index is 1320. The average molecular weight is 499 g/mol. The molecule has 2 atom stereocenters. The topological polar surface area (TPSA) is 143 Å². The molecule has 1 aliphatic heterocycles. The van der Waals surface area contributed by atoms with Crippen LogP contribution in [0.5, 0.6) is 23.0 Å². The van der Waals surface area contributed by atoms with Gasteiger partial charge in [0.15, 0.2) is 29.3 Å². The van der Waals surface area contributed by atoms with Gasteiger partial charge in [-0.2, -0.15) is 0 Å². The van der Waals surface area contributed by atoms with Gasteiger partial charge in [0.25, 0.3) is 0 Å². The van der Waals surface area contributed by atoms with Crippen LogP contribution in [0, 0.1) is 0 Å². The first-order valence-electron chi connectivity index (χ1n) is 10.4. The van der Waals surface area contributed by atoms with Gasteiger partial charge in [0, 0.05) is 11.8 Å². The third-order valence-electron chi connectivity index (χ3n) is 5.70. The summed E-state index contributed by atoms with van der Waals surface area (Å²) in [6.07, 6.45) is 0.589. The number of rotatable bonds is 8. The number of phosphoric acid groups is 1. The minimum atomic E-state index is -4.95. The summed E-state index contributed by atoms with van der Waals surface area (Å²) in [7, 11) is -2.15. The number of methoxy groups -OCH3 is 2. The van der Waals surface area contributed by atoms with Crippen LogP contribution in [-0.4, -0.2) is 41.3 Å². The lowest BCUT2D eigenvalue weighted by atomic mass is 9.77. The SMILES string of the molecule is COc1cc(N2C(=O)[C@@H](c3ccccc3)C2c2ccc(O)c(OP(=O)(O)O)c2)cc(C=O)c1OC. The molecular formula is C24H22NO9P. The molecule has 0 aromatic heterocycles. The number of aldehydes is 1. The van der Waals surface area contributed by atoms with Gasteiger partial charge >= 0.3 is 7.82 Å². The van der Waals surface area contributed by atoms with Gasteiger partial charge in [-0.1, -0.05) is 36.4 Å². The van der Waals surface area contributed by atoms with Gasteiger partial charge in [0.05, 0.1) is 31.7 Å². The van der Waals surface area contributed by atoms with E-state index in [0.717, 1.165) is 5.56 Å². The van der Waals surface area contributed by atoms with Crippen molar-refractivity contribution < 1.29 is 43.0 Å². The maximum absolute atomic E-state index is 13.4. The van der Waals surface area contributed by atoms with Gasteiger partial charge in [0.2, 0.25) is 5.91 Å². The molecule has 11 heteroatoms. The summed E-state index contributed by atoms with van der Waals surface area (Å²) < 4.78 is 26.6. The molecule has 0 spiro atoms. The van der Waals surface area contributed by atoms with Crippen molar-refractivity contribution in [3.8, 4) is 23.0 Å². The Morgan fingerprint density at radius 2 is 1.66 bits per heavy atom. The number of hydrogen-bond donors (Lipinski definition) is 3. The molecule has 1 heterocycles. The second-order valence-corrected chi connectivity index (χ2v) is 8.90. The number of hydrogen-bond acceptors (Lipinski definition) is 7. The predicted octanol–water partition coefficient (Wildman–Crippen LogP) is 3.57. The Morgan fingerprint density at radius 1 is 0.943 bits per heavy atom. The molecule has 1 amide bonds. The number of nitrogens with zero attached hydrogens (tertiary/aromatic N) is 1. The van der Waals surface area contributed by atoms with Gasteiger partial charge in [-0.15, -0.1) is 0 Å². The van der Waals surface area contributed by atoms with E-state index < -0.39 is 31.3 Å². The minimum absolute atomic E-state index is 0.174. The zero-order valence-corrected chi connectivity index (χ0v) is 19.6. The smallest absolute Gasteiger partial charge is 0.504 e. The van der Waals surface area contributed by atoms with E-state index in [1.54, 1.807) is 30.3 Å². The molecule has 0 radical (unpaired) electrons. The number of phenols is 1. The van der Waals surface area contributed by atoms with E-state index >= 15 is 0 Å². The lowest BCUT2D eigenvalue weighted by molar-refractivity contribution is -0.126. The standard InChI is InChI=1S/C24H22NO9P/c1-32-20-12-17(10-16(13-26)23(20)33-2)25-22(21(24(25)28)14-6-4-3-5-7-14)15-8-9-18(27)19(11-15)34-35(29,30)31/h3-13,21-22,27H,1-2H3,(H2,29,30,31)/t21-,22?/m0/s1. The van der Waals surface area contributed by atoms with Gasteiger partial charge in [-0.3, -0.25) is 19.4 Å². The van der Waals surface area contributed by atoms with Crippen LogP contribution in [-0.2, 0) is 9.36 Å². The third kappa shape index (κ3) is 4.59. The maximum Gasteiger partial charge on any atom is 0.524 e. The van der Waals surface area contributed by atoms with E-state index in [4.69, 9.17) is 9.47 Å². The highest BCUT2D eigenvalue weighted by atomic mass is 31.2. The largest absolute Gasteiger partial charge is 0.524 e. The summed E-state index contributed by atoms with van der Waals surface area (Å²) in [5.74, 6) is -1.34. The van der Waals surface area contributed by atoms with E-state index in [1.165, 1.54) is 43.4 Å². The molecule has 1 aliphatic rings. The Kier molecular flexibility index (Phi) is 6.53. The number of benzene rings is 3. The normalized spacial score (nSPS) is 17.5. The Labute approximate surface area is 200 Å². The van der Waals surface area contributed by atoms with Crippen LogP contribution in [0.4, 0.5) is 5.69 Å². The van der Waals surface area contributed by atoms with Crippen molar-refractivity contribution in [3.63, 3.8) is 0 Å². The van der Waals surface area contributed by atoms with Crippen molar-refractivity contribution in [3.05, 3.63) is 77.4 Å². The molecule has 1 fully saturated rings. The van der Waals surface area contributed by atoms with E-state index in [1.807, 2.05) is 6.07 Å². The van der Waals surface area contributed by atoms with Crippen molar-refractivity contribution in [2.75, 3.05) is 19.1 Å². The van der Waals surface area contributed by atoms with Crippen LogP contribution < -0.4 is 18.9 Å². The van der Waals surface area contributed by atoms with E-state index in [-0.39, 0.29) is 23.0 Å².